The molecule has 57 heavy (non-hydrogen) atoms. The van der Waals surface area contributed by atoms with Crippen LogP contribution in [-0.2, 0) is 66.7 Å². The maximum atomic E-state index is 10.2. The topological polar surface area (TPSA) is 168 Å². The third-order valence-corrected chi connectivity index (χ3v) is 8.77. The zero-order valence-corrected chi connectivity index (χ0v) is 38.9. The van der Waals surface area contributed by atoms with Gasteiger partial charge in [-0.2, -0.15) is 0 Å². The van der Waals surface area contributed by atoms with Crippen molar-refractivity contribution in [3.8, 4) is 0 Å². The summed E-state index contributed by atoms with van der Waals surface area (Å²) in [7, 11) is -4.67. The monoisotopic (exact) mass is 857 g/mol. The molecule has 0 aliphatic carbocycles. The molecule has 0 saturated heterocycles. The van der Waals surface area contributed by atoms with Gasteiger partial charge in [0.1, 0.15) is 0 Å². The standard InChI is InChI=1S/C40H82O15S.Na/c1-2-3-4-5-6-7-8-9-10-11-12-13-14-15-16-17-18-44-19-20-45-21-22-46-23-24-47-25-26-48-27-28-49-29-30-50-31-32-51-33-34-52-35-36-53-37-38-54-39-40-55-56(41,42)43;/h2-40H2,1H3,(H,41,42,43);/q;+1/p-1. The van der Waals surface area contributed by atoms with E-state index in [1.807, 2.05) is 0 Å². The minimum atomic E-state index is -4.67. The van der Waals surface area contributed by atoms with E-state index in [1.54, 1.807) is 0 Å². The molecule has 0 fully saturated rings. The second-order valence-corrected chi connectivity index (χ2v) is 14.3. The number of rotatable bonds is 51. The Morgan fingerprint density at radius 2 is 0.456 bits per heavy atom. The number of unbranched alkanes of at least 4 members (excludes halogenated alkanes) is 15. The molecule has 15 nitrogen and oxygen atoms in total. The molecule has 0 aromatic heterocycles. The number of hydrogen-bond donors (Lipinski definition) is 0. The smallest absolute Gasteiger partial charge is 0.726 e. The van der Waals surface area contributed by atoms with E-state index in [9.17, 15) is 13.0 Å². The summed E-state index contributed by atoms with van der Waals surface area (Å²) in [6.07, 6.45) is 22.1. The Hall–Kier alpha value is 0.430. The van der Waals surface area contributed by atoms with Crippen molar-refractivity contribution in [2.45, 2.75) is 110 Å². The van der Waals surface area contributed by atoms with Gasteiger partial charge in [0.05, 0.1) is 145 Å². The Bertz CT molecular complexity index is 833. The number of ether oxygens (including phenoxy) is 11. The van der Waals surface area contributed by atoms with Gasteiger partial charge in [-0.05, 0) is 6.42 Å². The van der Waals surface area contributed by atoms with Gasteiger partial charge in [0.15, 0.2) is 0 Å². The summed E-state index contributed by atoms with van der Waals surface area (Å²) in [6, 6.07) is 0. The quantitative estimate of drug-likeness (QED) is 0.0379. The van der Waals surface area contributed by atoms with E-state index in [-0.39, 0.29) is 49.4 Å². The van der Waals surface area contributed by atoms with Crippen LogP contribution >= 0.6 is 0 Å². The molecular weight excluding hydrogens is 775 g/mol. The van der Waals surface area contributed by atoms with Gasteiger partial charge in [-0.1, -0.05) is 103 Å². The second-order valence-electron chi connectivity index (χ2n) is 13.3. The van der Waals surface area contributed by atoms with Crippen molar-refractivity contribution >= 4 is 10.4 Å². The third kappa shape index (κ3) is 58.6. The van der Waals surface area contributed by atoms with Crippen LogP contribution in [-0.4, -0.2) is 165 Å². The molecule has 0 bridgehead atoms. The molecule has 0 saturated carbocycles. The molecule has 0 N–H and O–H groups in total. The minimum Gasteiger partial charge on any atom is -0.726 e. The van der Waals surface area contributed by atoms with Crippen LogP contribution in [0.5, 0.6) is 0 Å². The van der Waals surface area contributed by atoms with Gasteiger partial charge in [0, 0.05) is 6.61 Å². The first-order valence-corrected chi connectivity index (χ1v) is 22.8. The van der Waals surface area contributed by atoms with Crippen LogP contribution in [0, 0.1) is 0 Å². The Kier molecular flexibility index (Phi) is 54.9. The summed E-state index contributed by atoms with van der Waals surface area (Å²) in [5, 5.41) is 0. The zero-order valence-electron chi connectivity index (χ0n) is 36.1. The van der Waals surface area contributed by atoms with Crippen LogP contribution in [0.25, 0.3) is 0 Å². The van der Waals surface area contributed by atoms with E-state index in [4.69, 9.17) is 52.1 Å². The van der Waals surface area contributed by atoms with Gasteiger partial charge >= 0.3 is 29.6 Å². The maximum absolute atomic E-state index is 10.2. The molecule has 0 aromatic rings. The molecule has 0 aliphatic heterocycles. The van der Waals surface area contributed by atoms with E-state index < -0.39 is 10.4 Å². The van der Waals surface area contributed by atoms with Crippen LogP contribution in [0.4, 0.5) is 0 Å². The predicted molar refractivity (Wildman–Crippen MR) is 214 cm³/mol. The molecule has 0 aliphatic rings. The van der Waals surface area contributed by atoms with Crippen molar-refractivity contribution in [3.05, 3.63) is 0 Å². The molecule has 338 valence electrons. The van der Waals surface area contributed by atoms with Crippen molar-refractivity contribution in [3.63, 3.8) is 0 Å². The minimum absolute atomic E-state index is 0. The molecule has 0 radical (unpaired) electrons. The molecule has 0 atom stereocenters. The molecule has 17 heteroatoms. The normalized spacial score (nSPS) is 11.8. The van der Waals surface area contributed by atoms with Crippen molar-refractivity contribution in [2.24, 2.45) is 0 Å². The fourth-order valence-corrected chi connectivity index (χ4v) is 5.52. The fraction of sp³-hybridized carbons (Fsp3) is 1.00. The molecule has 0 spiro atoms. The summed E-state index contributed by atoms with van der Waals surface area (Å²) in [5.74, 6) is 0. The van der Waals surface area contributed by atoms with Gasteiger partial charge in [0.25, 0.3) is 0 Å². The number of hydrogen-bond acceptors (Lipinski definition) is 15. The largest absolute Gasteiger partial charge is 1.00 e. The van der Waals surface area contributed by atoms with E-state index in [0.29, 0.717) is 126 Å². The van der Waals surface area contributed by atoms with Crippen molar-refractivity contribution in [2.75, 3.05) is 152 Å². The summed E-state index contributed by atoms with van der Waals surface area (Å²) in [6.45, 7) is 12.3. The molecular formula is C40H81NaO15S. The fourth-order valence-electron chi connectivity index (χ4n) is 5.25. The van der Waals surface area contributed by atoms with Crippen molar-refractivity contribution in [1.29, 1.82) is 0 Å². The van der Waals surface area contributed by atoms with Crippen LogP contribution in [0.3, 0.4) is 0 Å². The average Bonchev–Trinajstić information content (AvgIpc) is 3.18. The van der Waals surface area contributed by atoms with Crippen molar-refractivity contribution < 1.29 is 98.8 Å². The van der Waals surface area contributed by atoms with Crippen LogP contribution < -0.4 is 29.6 Å². The van der Waals surface area contributed by atoms with Crippen molar-refractivity contribution in [1.82, 2.24) is 0 Å². The van der Waals surface area contributed by atoms with E-state index in [0.717, 1.165) is 13.0 Å². The van der Waals surface area contributed by atoms with Gasteiger partial charge in [-0.3, -0.25) is 4.18 Å². The predicted octanol–water partition coefficient (Wildman–Crippen LogP) is 2.91. The maximum Gasteiger partial charge on any atom is 1.00 e. The van der Waals surface area contributed by atoms with Crippen LogP contribution in [0.2, 0.25) is 0 Å². The first-order chi connectivity index (χ1) is 27.6. The second kappa shape index (κ2) is 52.6. The summed E-state index contributed by atoms with van der Waals surface area (Å²) < 4.78 is 94.7. The summed E-state index contributed by atoms with van der Waals surface area (Å²) in [4.78, 5) is 0. The molecule has 0 heterocycles. The first kappa shape index (κ1) is 59.5. The molecule has 0 aromatic carbocycles. The van der Waals surface area contributed by atoms with E-state index >= 15 is 0 Å². The van der Waals surface area contributed by atoms with Gasteiger partial charge < -0.3 is 56.7 Å². The van der Waals surface area contributed by atoms with Crippen LogP contribution in [0.15, 0.2) is 0 Å². The Morgan fingerprint density at radius 3 is 0.667 bits per heavy atom. The SMILES string of the molecule is CCCCCCCCCCCCCCCCCCOCCOCCOCCOCCOCCOCCOCCOCCOCCOCCOCCOS(=O)(=O)[O-].[Na+]. The van der Waals surface area contributed by atoms with E-state index in [1.165, 1.54) is 96.3 Å². The zero-order chi connectivity index (χ0) is 40.6. The summed E-state index contributed by atoms with van der Waals surface area (Å²) >= 11 is 0. The Balaban J connectivity index is 0. The Labute approximate surface area is 369 Å². The molecule has 0 rings (SSSR count). The third-order valence-electron chi connectivity index (χ3n) is 8.32. The van der Waals surface area contributed by atoms with Gasteiger partial charge in [-0.25, -0.2) is 8.42 Å². The Morgan fingerprint density at radius 1 is 0.281 bits per heavy atom. The van der Waals surface area contributed by atoms with Crippen LogP contribution in [0.1, 0.15) is 110 Å². The van der Waals surface area contributed by atoms with Gasteiger partial charge in [-0.15, -0.1) is 0 Å². The summed E-state index contributed by atoms with van der Waals surface area (Å²) in [5.41, 5.74) is 0. The molecule has 0 unspecified atom stereocenters. The molecule has 0 amide bonds. The van der Waals surface area contributed by atoms with E-state index in [2.05, 4.69) is 11.1 Å². The van der Waals surface area contributed by atoms with Gasteiger partial charge in [0.2, 0.25) is 10.4 Å². The average molecular weight is 857 g/mol. The first-order valence-electron chi connectivity index (χ1n) is 21.5.